The third kappa shape index (κ3) is 3.04. The van der Waals surface area contributed by atoms with E-state index in [-0.39, 0.29) is 12.1 Å². The molecule has 0 aliphatic carbocycles. The van der Waals surface area contributed by atoms with Crippen LogP contribution in [0.4, 0.5) is 0 Å². The molecule has 86 valence electrons. The van der Waals surface area contributed by atoms with E-state index in [2.05, 4.69) is 17.3 Å². The third-order valence-corrected chi connectivity index (χ3v) is 2.59. The Morgan fingerprint density at radius 1 is 1.53 bits per heavy atom. The number of aromatic nitrogens is 2. The van der Waals surface area contributed by atoms with Gasteiger partial charge in [-0.1, -0.05) is 0 Å². The van der Waals surface area contributed by atoms with Crippen LogP contribution in [0.2, 0.25) is 0 Å². The number of hydrogen-bond donors (Lipinski definition) is 1. The lowest BCUT2D eigenvalue weighted by molar-refractivity contribution is 0.0625. The summed E-state index contributed by atoms with van der Waals surface area (Å²) < 4.78 is 7.50. The Balaban J connectivity index is 2.70. The molecule has 1 heterocycles. The summed E-state index contributed by atoms with van der Waals surface area (Å²) in [6.45, 7) is 6.84. The van der Waals surface area contributed by atoms with Crippen molar-refractivity contribution in [3.63, 3.8) is 0 Å². The second kappa shape index (κ2) is 5.28. The lowest BCUT2D eigenvalue weighted by Crippen LogP contribution is -2.24. The Labute approximate surface area is 91.6 Å². The van der Waals surface area contributed by atoms with Crippen molar-refractivity contribution in [3.05, 3.63) is 17.5 Å². The van der Waals surface area contributed by atoms with Gasteiger partial charge in [-0.25, -0.2) is 0 Å². The summed E-state index contributed by atoms with van der Waals surface area (Å²) in [5.41, 5.74) is 2.39. The quantitative estimate of drug-likeness (QED) is 0.800. The van der Waals surface area contributed by atoms with Gasteiger partial charge in [0.05, 0.1) is 24.9 Å². The molecule has 0 radical (unpaired) electrons. The number of likely N-dealkylation sites (N-methyl/N-ethyl adjacent to an activating group) is 1. The van der Waals surface area contributed by atoms with Crippen molar-refractivity contribution >= 4 is 0 Å². The van der Waals surface area contributed by atoms with Gasteiger partial charge in [0.1, 0.15) is 0 Å². The normalized spacial score (nSPS) is 13.5. The first-order valence-electron chi connectivity index (χ1n) is 5.33. The highest BCUT2D eigenvalue weighted by Gasteiger charge is 2.15. The third-order valence-electron chi connectivity index (χ3n) is 2.59. The number of ether oxygens (including phenoxy) is 1. The Morgan fingerprint density at radius 3 is 2.60 bits per heavy atom. The van der Waals surface area contributed by atoms with Crippen LogP contribution in [0.1, 0.15) is 31.1 Å². The fraction of sp³-hybridized carbons (Fsp3) is 0.727. The smallest absolute Gasteiger partial charge is 0.0666 e. The molecule has 0 fully saturated rings. The zero-order valence-corrected chi connectivity index (χ0v) is 10.2. The van der Waals surface area contributed by atoms with Gasteiger partial charge in [0.2, 0.25) is 0 Å². The van der Waals surface area contributed by atoms with Crippen LogP contribution in [-0.4, -0.2) is 29.5 Å². The fourth-order valence-corrected chi connectivity index (χ4v) is 1.48. The first-order chi connectivity index (χ1) is 7.06. The van der Waals surface area contributed by atoms with E-state index in [9.17, 15) is 0 Å². The van der Waals surface area contributed by atoms with Crippen molar-refractivity contribution in [2.75, 3.05) is 13.7 Å². The predicted octanol–water partition coefficient (Wildman–Crippen LogP) is 1.41. The largest absolute Gasteiger partial charge is 0.377 e. The molecule has 1 atom stereocenters. The summed E-state index contributed by atoms with van der Waals surface area (Å²) in [6, 6.07) is 0.223. The van der Waals surface area contributed by atoms with E-state index in [0.29, 0.717) is 6.61 Å². The molecule has 1 unspecified atom stereocenters. The molecule has 0 bridgehead atoms. The van der Waals surface area contributed by atoms with Gasteiger partial charge >= 0.3 is 0 Å². The van der Waals surface area contributed by atoms with Crippen molar-refractivity contribution < 1.29 is 4.74 Å². The molecule has 4 nitrogen and oxygen atoms in total. The Hall–Kier alpha value is -0.870. The Kier molecular flexibility index (Phi) is 4.29. The number of nitrogens with one attached hydrogen (secondary N) is 1. The minimum absolute atomic E-state index is 0.223. The van der Waals surface area contributed by atoms with Crippen LogP contribution in [-0.2, 0) is 11.8 Å². The molecule has 0 saturated carbocycles. The highest BCUT2D eigenvalue weighted by Crippen LogP contribution is 2.17. The first-order valence-corrected chi connectivity index (χ1v) is 5.33. The lowest BCUT2D eigenvalue weighted by Gasteiger charge is -2.17. The van der Waals surface area contributed by atoms with E-state index < -0.39 is 0 Å². The second-order valence-corrected chi connectivity index (χ2v) is 4.03. The summed E-state index contributed by atoms with van der Waals surface area (Å²) in [5, 5.41) is 7.48. The summed E-state index contributed by atoms with van der Waals surface area (Å²) in [6.07, 6.45) is 2.16. The summed E-state index contributed by atoms with van der Waals surface area (Å²) >= 11 is 0. The van der Waals surface area contributed by atoms with Crippen LogP contribution in [0, 0.1) is 6.92 Å². The van der Waals surface area contributed by atoms with Crippen molar-refractivity contribution in [3.8, 4) is 0 Å². The SMILES string of the molecule is CNC(COC(C)C)c1cnn(C)c1C. The highest BCUT2D eigenvalue weighted by molar-refractivity contribution is 5.20. The molecule has 1 N–H and O–H groups in total. The molecule has 0 aliphatic heterocycles. The maximum absolute atomic E-state index is 5.61. The molecule has 15 heavy (non-hydrogen) atoms. The average molecular weight is 211 g/mol. The van der Waals surface area contributed by atoms with E-state index in [0.717, 1.165) is 0 Å². The number of nitrogens with zero attached hydrogens (tertiary/aromatic N) is 2. The zero-order chi connectivity index (χ0) is 11.4. The van der Waals surface area contributed by atoms with Crippen LogP contribution in [0.5, 0.6) is 0 Å². The monoisotopic (exact) mass is 211 g/mol. The molecule has 0 aliphatic rings. The Morgan fingerprint density at radius 2 is 2.20 bits per heavy atom. The fourth-order valence-electron chi connectivity index (χ4n) is 1.48. The summed E-state index contributed by atoms with van der Waals surface area (Å²) in [7, 11) is 3.90. The van der Waals surface area contributed by atoms with Gasteiger partial charge < -0.3 is 10.1 Å². The van der Waals surface area contributed by atoms with E-state index in [1.165, 1.54) is 11.3 Å². The van der Waals surface area contributed by atoms with Crippen LogP contribution >= 0.6 is 0 Å². The van der Waals surface area contributed by atoms with Gasteiger partial charge in [-0.05, 0) is 27.8 Å². The van der Waals surface area contributed by atoms with Crippen molar-refractivity contribution in [2.24, 2.45) is 7.05 Å². The predicted molar refractivity (Wildman–Crippen MR) is 60.8 cm³/mol. The molecule has 0 aromatic carbocycles. The van der Waals surface area contributed by atoms with Gasteiger partial charge in [0.25, 0.3) is 0 Å². The molecule has 1 aromatic heterocycles. The minimum Gasteiger partial charge on any atom is -0.377 e. The minimum atomic E-state index is 0.223. The highest BCUT2D eigenvalue weighted by atomic mass is 16.5. The van der Waals surface area contributed by atoms with Crippen LogP contribution in [0.25, 0.3) is 0 Å². The summed E-state index contributed by atoms with van der Waals surface area (Å²) in [5.74, 6) is 0. The first kappa shape index (κ1) is 12.2. The number of hydrogen-bond acceptors (Lipinski definition) is 3. The number of rotatable bonds is 5. The molecule has 1 rings (SSSR count). The molecule has 4 heteroatoms. The molecule has 0 amide bonds. The Bertz CT molecular complexity index is 307. The maximum Gasteiger partial charge on any atom is 0.0666 e. The summed E-state index contributed by atoms with van der Waals surface area (Å²) in [4.78, 5) is 0. The molecule has 1 aromatic rings. The van der Waals surface area contributed by atoms with Gasteiger partial charge in [0, 0.05) is 18.3 Å². The van der Waals surface area contributed by atoms with E-state index in [1.54, 1.807) is 0 Å². The maximum atomic E-state index is 5.61. The topological polar surface area (TPSA) is 39.1 Å². The zero-order valence-electron chi connectivity index (χ0n) is 10.2. The lowest BCUT2D eigenvalue weighted by atomic mass is 10.1. The van der Waals surface area contributed by atoms with Gasteiger partial charge in [-0.2, -0.15) is 5.10 Å². The second-order valence-electron chi connectivity index (χ2n) is 4.03. The molecular formula is C11H21N3O. The van der Waals surface area contributed by atoms with E-state index in [1.807, 2.05) is 38.8 Å². The number of aryl methyl sites for hydroxylation is 1. The van der Waals surface area contributed by atoms with Crippen molar-refractivity contribution in [1.29, 1.82) is 0 Å². The van der Waals surface area contributed by atoms with Gasteiger partial charge in [0.15, 0.2) is 0 Å². The van der Waals surface area contributed by atoms with E-state index in [4.69, 9.17) is 4.74 Å². The van der Waals surface area contributed by atoms with Crippen LogP contribution < -0.4 is 5.32 Å². The van der Waals surface area contributed by atoms with Crippen LogP contribution in [0.3, 0.4) is 0 Å². The van der Waals surface area contributed by atoms with Gasteiger partial charge in [-0.15, -0.1) is 0 Å². The van der Waals surface area contributed by atoms with Gasteiger partial charge in [-0.3, -0.25) is 4.68 Å². The standard InChI is InChI=1S/C11H21N3O/c1-8(2)15-7-11(12-4)10-6-13-14(5)9(10)3/h6,8,11-12H,7H2,1-5H3. The molecule has 0 spiro atoms. The average Bonchev–Trinajstić information content (AvgIpc) is 2.50. The molecule has 0 saturated heterocycles. The van der Waals surface area contributed by atoms with Crippen molar-refractivity contribution in [2.45, 2.75) is 32.9 Å². The van der Waals surface area contributed by atoms with E-state index >= 15 is 0 Å². The molecular weight excluding hydrogens is 190 g/mol. The van der Waals surface area contributed by atoms with Crippen molar-refractivity contribution in [1.82, 2.24) is 15.1 Å². The van der Waals surface area contributed by atoms with Crippen LogP contribution in [0.15, 0.2) is 6.20 Å².